The normalized spacial score (nSPS) is 10.8. The summed E-state index contributed by atoms with van der Waals surface area (Å²) < 4.78 is 12.8. The Morgan fingerprint density at radius 2 is 2.00 bits per heavy atom. The Bertz CT molecular complexity index is 1320. The van der Waals surface area contributed by atoms with Gasteiger partial charge in [0.15, 0.2) is 11.5 Å². The van der Waals surface area contributed by atoms with Crippen LogP contribution in [0, 0.1) is 25.0 Å². The van der Waals surface area contributed by atoms with Crippen molar-refractivity contribution in [3.63, 3.8) is 0 Å². The number of non-ortho nitro benzene ring substituents is 1. The minimum Gasteiger partial charge on any atom is -0.493 e. The van der Waals surface area contributed by atoms with Crippen LogP contribution in [0.1, 0.15) is 11.1 Å². The number of carbonyl (C=O) groups is 1. The second-order valence-corrected chi connectivity index (χ2v) is 8.96. The second-order valence-electron chi connectivity index (χ2n) is 6.88. The average molecular weight is 634 g/mol. The van der Waals surface area contributed by atoms with Gasteiger partial charge in [-0.05, 0) is 70.1 Å². The van der Waals surface area contributed by atoms with Crippen molar-refractivity contribution in [2.45, 2.75) is 6.61 Å². The molecule has 0 radical (unpaired) electrons. The van der Waals surface area contributed by atoms with Crippen molar-refractivity contribution in [1.82, 2.24) is 0 Å². The van der Waals surface area contributed by atoms with Gasteiger partial charge in [0, 0.05) is 22.3 Å². The Labute approximate surface area is 217 Å². The van der Waals surface area contributed by atoms with E-state index in [4.69, 9.17) is 9.47 Å². The minimum absolute atomic E-state index is 0.0200. The maximum Gasteiger partial charge on any atom is 0.269 e. The molecule has 0 aromatic heterocycles. The van der Waals surface area contributed by atoms with Crippen molar-refractivity contribution in [1.29, 1.82) is 5.26 Å². The van der Waals surface area contributed by atoms with E-state index in [0.717, 1.165) is 4.47 Å². The number of nitro benzene ring substituents is 1. The van der Waals surface area contributed by atoms with Crippen LogP contribution in [0.15, 0.2) is 70.7 Å². The van der Waals surface area contributed by atoms with Gasteiger partial charge in [-0.25, -0.2) is 0 Å². The number of amides is 1. The number of nitrogens with one attached hydrogen (secondary N) is 1. The number of carbonyl (C=O) groups excluding carboxylic acids is 1. The van der Waals surface area contributed by atoms with Crippen molar-refractivity contribution in [2.75, 3.05) is 12.4 Å². The molecular weight excluding hydrogens is 617 g/mol. The highest BCUT2D eigenvalue weighted by Gasteiger charge is 2.15. The largest absolute Gasteiger partial charge is 0.493 e. The van der Waals surface area contributed by atoms with Gasteiger partial charge in [0.1, 0.15) is 18.2 Å². The number of nitriles is 1. The highest BCUT2D eigenvalue weighted by molar-refractivity contribution is 14.1. The molecule has 0 heterocycles. The fraction of sp³-hybridized carbons (Fsp3) is 0.0833. The van der Waals surface area contributed by atoms with E-state index in [9.17, 15) is 20.2 Å². The lowest BCUT2D eigenvalue weighted by Gasteiger charge is -2.14. The van der Waals surface area contributed by atoms with Gasteiger partial charge in [-0.1, -0.05) is 34.1 Å². The molecule has 0 atom stereocenters. The number of anilines is 1. The molecule has 1 N–H and O–H groups in total. The topological polar surface area (TPSA) is 114 Å². The third-order valence-electron chi connectivity index (χ3n) is 4.51. The minimum atomic E-state index is -0.541. The smallest absolute Gasteiger partial charge is 0.269 e. The van der Waals surface area contributed by atoms with E-state index in [1.165, 1.54) is 25.3 Å². The number of ether oxygens (including phenoxy) is 2. The molecule has 10 heteroatoms. The number of benzene rings is 3. The Kier molecular flexibility index (Phi) is 8.61. The molecule has 172 valence electrons. The molecule has 0 saturated carbocycles. The lowest BCUT2D eigenvalue weighted by Crippen LogP contribution is -2.13. The highest BCUT2D eigenvalue weighted by atomic mass is 127. The van der Waals surface area contributed by atoms with Gasteiger partial charge in [-0.3, -0.25) is 14.9 Å². The van der Waals surface area contributed by atoms with E-state index in [0.29, 0.717) is 31.9 Å². The summed E-state index contributed by atoms with van der Waals surface area (Å²) in [6.45, 7) is 0.0989. The Morgan fingerprint density at radius 1 is 1.24 bits per heavy atom. The molecule has 3 aromatic rings. The van der Waals surface area contributed by atoms with Crippen LogP contribution in [0.3, 0.4) is 0 Å². The van der Waals surface area contributed by atoms with Gasteiger partial charge in [0.2, 0.25) is 0 Å². The number of rotatable bonds is 8. The van der Waals surface area contributed by atoms with Crippen molar-refractivity contribution >= 4 is 61.9 Å². The average Bonchev–Trinajstić information content (AvgIpc) is 2.81. The van der Waals surface area contributed by atoms with Crippen LogP contribution in [0.5, 0.6) is 11.5 Å². The van der Waals surface area contributed by atoms with Crippen molar-refractivity contribution < 1.29 is 19.2 Å². The van der Waals surface area contributed by atoms with Crippen LogP contribution >= 0.6 is 38.5 Å². The molecular formula is C24H17BrIN3O5. The predicted octanol–water partition coefficient (Wildman–Crippen LogP) is 6.10. The van der Waals surface area contributed by atoms with Crippen molar-refractivity contribution in [3.05, 3.63) is 95.5 Å². The van der Waals surface area contributed by atoms with Gasteiger partial charge in [-0.15, -0.1) is 0 Å². The number of nitro groups is 1. The molecule has 0 bridgehead atoms. The number of hydrogen-bond donors (Lipinski definition) is 1. The van der Waals surface area contributed by atoms with E-state index in [1.54, 1.807) is 42.5 Å². The van der Waals surface area contributed by atoms with Crippen LogP contribution in [0.25, 0.3) is 6.08 Å². The number of halogens is 2. The van der Waals surface area contributed by atoms with Gasteiger partial charge in [-0.2, -0.15) is 5.26 Å². The van der Waals surface area contributed by atoms with Crippen LogP contribution in [-0.2, 0) is 11.4 Å². The molecule has 0 aliphatic heterocycles. The lowest BCUT2D eigenvalue weighted by atomic mass is 10.1. The third-order valence-corrected chi connectivity index (χ3v) is 5.81. The lowest BCUT2D eigenvalue weighted by molar-refractivity contribution is -0.384. The van der Waals surface area contributed by atoms with E-state index >= 15 is 0 Å². The molecule has 0 spiro atoms. The summed E-state index contributed by atoms with van der Waals surface area (Å²) in [5, 5.41) is 23.2. The van der Waals surface area contributed by atoms with Crippen molar-refractivity contribution in [3.8, 4) is 17.6 Å². The van der Waals surface area contributed by atoms with E-state index in [1.807, 2.05) is 12.1 Å². The first kappa shape index (κ1) is 25.2. The van der Waals surface area contributed by atoms with Crippen molar-refractivity contribution in [2.24, 2.45) is 0 Å². The summed E-state index contributed by atoms with van der Waals surface area (Å²) in [5.74, 6) is 0.303. The van der Waals surface area contributed by atoms with Crippen LogP contribution < -0.4 is 14.8 Å². The SMILES string of the molecule is COc1cc(/C=C(/C#N)C(=O)Nc2cccc(Br)c2)cc(I)c1OCc1cccc([N+](=O)[O-])c1. The molecule has 8 nitrogen and oxygen atoms in total. The first-order valence-electron chi connectivity index (χ1n) is 9.73. The Balaban J connectivity index is 1.82. The van der Waals surface area contributed by atoms with Gasteiger partial charge < -0.3 is 14.8 Å². The van der Waals surface area contributed by atoms with E-state index in [-0.39, 0.29) is 17.9 Å². The fourth-order valence-electron chi connectivity index (χ4n) is 2.96. The van der Waals surface area contributed by atoms with Gasteiger partial charge in [0.05, 0.1) is 15.6 Å². The van der Waals surface area contributed by atoms with E-state index < -0.39 is 10.8 Å². The summed E-state index contributed by atoms with van der Waals surface area (Å²) in [5.41, 5.74) is 1.66. The molecule has 1 amide bonds. The second kappa shape index (κ2) is 11.6. The number of nitrogens with zero attached hydrogens (tertiary/aromatic N) is 2. The number of methoxy groups -OCH3 is 1. The number of hydrogen-bond acceptors (Lipinski definition) is 6. The first-order valence-corrected chi connectivity index (χ1v) is 11.6. The zero-order chi connectivity index (χ0) is 24.7. The summed E-state index contributed by atoms with van der Waals surface area (Å²) in [6, 6.07) is 18.5. The molecule has 34 heavy (non-hydrogen) atoms. The summed E-state index contributed by atoms with van der Waals surface area (Å²) >= 11 is 5.40. The molecule has 0 saturated heterocycles. The highest BCUT2D eigenvalue weighted by Crippen LogP contribution is 2.35. The molecule has 0 aliphatic carbocycles. The third kappa shape index (κ3) is 6.55. The Morgan fingerprint density at radius 3 is 2.68 bits per heavy atom. The molecule has 0 fully saturated rings. The maximum absolute atomic E-state index is 12.6. The van der Waals surface area contributed by atoms with Crippen LogP contribution in [0.2, 0.25) is 0 Å². The summed E-state index contributed by atoms with van der Waals surface area (Å²) in [4.78, 5) is 23.1. The monoisotopic (exact) mass is 633 g/mol. The summed E-state index contributed by atoms with van der Waals surface area (Å²) in [7, 11) is 1.48. The van der Waals surface area contributed by atoms with E-state index in [2.05, 4.69) is 43.8 Å². The maximum atomic E-state index is 12.6. The zero-order valence-corrected chi connectivity index (χ0v) is 21.5. The predicted molar refractivity (Wildman–Crippen MR) is 140 cm³/mol. The zero-order valence-electron chi connectivity index (χ0n) is 17.7. The van der Waals surface area contributed by atoms with Crippen LogP contribution in [-0.4, -0.2) is 17.9 Å². The first-order chi connectivity index (χ1) is 16.3. The molecule has 0 aliphatic rings. The quantitative estimate of drug-likeness (QED) is 0.105. The Hall–Kier alpha value is -3.43. The molecule has 3 aromatic carbocycles. The van der Waals surface area contributed by atoms with Crippen LogP contribution in [0.4, 0.5) is 11.4 Å². The molecule has 0 unspecified atom stereocenters. The fourth-order valence-corrected chi connectivity index (χ4v) is 4.14. The standard InChI is InChI=1S/C24H17BrIN3O5/c1-33-22-11-16(8-17(13-27)24(30)28-19-6-3-5-18(25)12-19)10-21(26)23(22)34-14-15-4-2-7-20(9-15)29(31)32/h2-12H,14H2,1H3,(H,28,30)/b17-8-. The van der Waals surface area contributed by atoms with Gasteiger partial charge in [0.25, 0.3) is 11.6 Å². The van der Waals surface area contributed by atoms with Gasteiger partial charge >= 0.3 is 0 Å². The molecule has 3 rings (SSSR count). The summed E-state index contributed by atoms with van der Waals surface area (Å²) in [6.07, 6.45) is 1.46.